The average molecular weight is 373 g/mol. The smallest absolute Gasteiger partial charge is 0.270 e. The van der Waals surface area contributed by atoms with Gasteiger partial charge in [0.05, 0.1) is 0 Å². The summed E-state index contributed by atoms with van der Waals surface area (Å²) < 4.78 is 2.03. The van der Waals surface area contributed by atoms with E-state index >= 15 is 0 Å². The monoisotopic (exact) mass is 373 g/mol. The quantitative estimate of drug-likeness (QED) is 0.711. The highest BCUT2D eigenvalue weighted by Gasteiger charge is 2.23. The molecule has 1 saturated heterocycles. The molecule has 1 aromatic heterocycles. The van der Waals surface area contributed by atoms with Gasteiger partial charge in [0.15, 0.2) is 0 Å². The van der Waals surface area contributed by atoms with Crippen molar-refractivity contribution in [3.8, 4) is 0 Å². The van der Waals surface area contributed by atoms with Gasteiger partial charge in [0, 0.05) is 48.4 Å². The minimum absolute atomic E-state index is 0.130. The van der Waals surface area contributed by atoms with Crippen molar-refractivity contribution in [2.24, 2.45) is 7.05 Å². The SMILES string of the molecule is Cn1cc(/C=C(/NC(=O)c2ccccc2)C(=O)N2CCCC2)c2ccccc21. The predicted molar refractivity (Wildman–Crippen MR) is 111 cm³/mol. The topological polar surface area (TPSA) is 54.3 Å². The second-order valence-corrected chi connectivity index (χ2v) is 7.09. The fraction of sp³-hybridized carbons (Fsp3) is 0.217. The Bertz CT molecular complexity index is 1040. The second kappa shape index (κ2) is 7.72. The predicted octanol–water partition coefficient (Wildman–Crippen LogP) is 3.57. The third-order valence-electron chi connectivity index (χ3n) is 5.14. The van der Waals surface area contributed by atoms with Gasteiger partial charge >= 0.3 is 0 Å². The van der Waals surface area contributed by atoms with Gasteiger partial charge in [-0.3, -0.25) is 9.59 Å². The van der Waals surface area contributed by atoms with Gasteiger partial charge in [0.25, 0.3) is 11.8 Å². The van der Waals surface area contributed by atoms with Crippen molar-refractivity contribution in [3.05, 3.63) is 77.6 Å². The van der Waals surface area contributed by atoms with Crippen molar-refractivity contribution in [1.29, 1.82) is 0 Å². The van der Waals surface area contributed by atoms with Crippen LogP contribution in [0.3, 0.4) is 0 Å². The molecule has 28 heavy (non-hydrogen) atoms. The fourth-order valence-corrected chi connectivity index (χ4v) is 3.67. The molecule has 0 saturated carbocycles. The molecule has 0 spiro atoms. The van der Waals surface area contributed by atoms with Gasteiger partial charge in [0.2, 0.25) is 0 Å². The largest absolute Gasteiger partial charge is 0.350 e. The van der Waals surface area contributed by atoms with Crippen LogP contribution in [0.5, 0.6) is 0 Å². The molecule has 0 radical (unpaired) electrons. The van der Waals surface area contributed by atoms with Crippen LogP contribution < -0.4 is 5.32 Å². The van der Waals surface area contributed by atoms with Gasteiger partial charge in [-0.05, 0) is 37.1 Å². The zero-order valence-corrected chi connectivity index (χ0v) is 15.9. The number of aromatic nitrogens is 1. The highest BCUT2D eigenvalue weighted by atomic mass is 16.2. The lowest BCUT2D eigenvalue weighted by Crippen LogP contribution is -2.36. The standard InChI is InChI=1S/C23H23N3O2/c1-25-16-18(19-11-5-6-12-21(19)25)15-20(23(28)26-13-7-8-14-26)24-22(27)17-9-3-2-4-10-17/h2-6,9-12,15-16H,7-8,13-14H2,1H3,(H,24,27)/b20-15+. The Labute approximate surface area is 164 Å². The first-order chi connectivity index (χ1) is 13.6. The first-order valence-electron chi connectivity index (χ1n) is 9.55. The van der Waals surface area contributed by atoms with E-state index in [-0.39, 0.29) is 11.8 Å². The second-order valence-electron chi connectivity index (χ2n) is 7.09. The number of hydrogen-bond donors (Lipinski definition) is 1. The molecule has 3 aromatic rings. The molecule has 1 aliphatic heterocycles. The summed E-state index contributed by atoms with van der Waals surface area (Å²) >= 11 is 0. The fourth-order valence-electron chi connectivity index (χ4n) is 3.67. The summed E-state index contributed by atoms with van der Waals surface area (Å²) in [4.78, 5) is 27.6. The molecular weight excluding hydrogens is 350 g/mol. The van der Waals surface area contributed by atoms with E-state index < -0.39 is 0 Å². The minimum atomic E-state index is -0.278. The van der Waals surface area contributed by atoms with Crippen molar-refractivity contribution in [2.75, 3.05) is 13.1 Å². The maximum Gasteiger partial charge on any atom is 0.270 e. The molecule has 0 aliphatic carbocycles. The number of nitrogens with one attached hydrogen (secondary N) is 1. The molecule has 1 aliphatic rings. The number of carbonyl (C=O) groups is 2. The summed E-state index contributed by atoms with van der Waals surface area (Å²) in [7, 11) is 1.98. The van der Waals surface area contributed by atoms with Crippen molar-refractivity contribution < 1.29 is 9.59 Å². The van der Waals surface area contributed by atoms with E-state index in [0.717, 1.165) is 42.4 Å². The highest BCUT2D eigenvalue weighted by Crippen LogP contribution is 2.23. The number of nitrogens with zero attached hydrogens (tertiary/aromatic N) is 2. The van der Waals surface area contributed by atoms with E-state index in [0.29, 0.717) is 11.3 Å². The molecule has 0 bridgehead atoms. The van der Waals surface area contributed by atoms with Crippen molar-refractivity contribution >= 4 is 28.8 Å². The average Bonchev–Trinajstić information content (AvgIpc) is 3.37. The van der Waals surface area contributed by atoms with Gasteiger partial charge in [-0.1, -0.05) is 36.4 Å². The molecule has 1 fully saturated rings. The van der Waals surface area contributed by atoms with Crippen LogP contribution in [0.25, 0.3) is 17.0 Å². The van der Waals surface area contributed by atoms with E-state index in [1.165, 1.54) is 0 Å². The van der Waals surface area contributed by atoms with Crippen molar-refractivity contribution in [1.82, 2.24) is 14.8 Å². The number of benzene rings is 2. The van der Waals surface area contributed by atoms with Gasteiger partial charge in [0.1, 0.15) is 5.70 Å². The zero-order valence-electron chi connectivity index (χ0n) is 15.9. The van der Waals surface area contributed by atoms with Crippen LogP contribution in [0.15, 0.2) is 66.5 Å². The molecule has 2 amide bonds. The van der Waals surface area contributed by atoms with Crippen LogP contribution >= 0.6 is 0 Å². The maximum absolute atomic E-state index is 13.1. The summed E-state index contributed by atoms with van der Waals surface area (Å²) in [5, 5.41) is 3.90. The Balaban J connectivity index is 1.72. The molecule has 5 nitrogen and oxygen atoms in total. The van der Waals surface area contributed by atoms with E-state index in [1.807, 2.05) is 65.2 Å². The van der Waals surface area contributed by atoms with Crippen LogP contribution in [0.1, 0.15) is 28.8 Å². The first kappa shape index (κ1) is 18.0. The lowest BCUT2D eigenvalue weighted by Gasteiger charge is -2.18. The third kappa shape index (κ3) is 3.56. The Morgan fingerprint density at radius 1 is 0.964 bits per heavy atom. The first-order valence-corrected chi connectivity index (χ1v) is 9.55. The normalized spacial score (nSPS) is 14.5. The molecule has 1 N–H and O–H groups in total. The van der Waals surface area contributed by atoms with Gasteiger partial charge in [-0.2, -0.15) is 0 Å². The van der Waals surface area contributed by atoms with E-state index in [2.05, 4.69) is 5.32 Å². The van der Waals surface area contributed by atoms with E-state index in [9.17, 15) is 9.59 Å². The number of fused-ring (bicyclic) bond motifs is 1. The van der Waals surface area contributed by atoms with Crippen molar-refractivity contribution in [2.45, 2.75) is 12.8 Å². The molecule has 2 heterocycles. The Morgan fingerprint density at radius 2 is 1.64 bits per heavy atom. The number of rotatable bonds is 4. The molecule has 142 valence electrons. The molecule has 5 heteroatoms. The maximum atomic E-state index is 13.1. The van der Waals surface area contributed by atoms with Crippen LogP contribution in [0.2, 0.25) is 0 Å². The number of likely N-dealkylation sites (tertiary alicyclic amines) is 1. The number of amides is 2. The molecule has 0 unspecified atom stereocenters. The Morgan fingerprint density at radius 3 is 2.39 bits per heavy atom. The summed E-state index contributed by atoms with van der Waals surface area (Å²) in [6.45, 7) is 1.46. The highest BCUT2D eigenvalue weighted by molar-refractivity contribution is 6.06. The molecule has 4 rings (SSSR count). The summed E-state index contributed by atoms with van der Waals surface area (Å²) in [5.74, 6) is -0.408. The lowest BCUT2D eigenvalue weighted by molar-refractivity contribution is -0.126. The number of para-hydroxylation sites is 1. The molecule has 0 atom stereocenters. The van der Waals surface area contributed by atoms with E-state index in [1.54, 1.807) is 18.2 Å². The summed E-state index contributed by atoms with van der Waals surface area (Å²) in [6.07, 6.45) is 5.78. The van der Waals surface area contributed by atoms with Crippen LogP contribution in [-0.2, 0) is 11.8 Å². The lowest BCUT2D eigenvalue weighted by atomic mass is 10.1. The van der Waals surface area contributed by atoms with Gasteiger partial charge in [-0.25, -0.2) is 0 Å². The molecular formula is C23H23N3O2. The Hall–Kier alpha value is -3.34. The summed E-state index contributed by atoms with van der Waals surface area (Å²) in [6, 6.07) is 17.0. The van der Waals surface area contributed by atoms with E-state index in [4.69, 9.17) is 0 Å². The number of hydrogen-bond acceptors (Lipinski definition) is 2. The Kier molecular flexibility index (Phi) is 4.98. The summed E-state index contributed by atoms with van der Waals surface area (Å²) in [5.41, 5.74) is 2.83. The van der Waals surface area contributed by atoms with Crippen LogP contribution in [0.4, 0.5) is 0 Å². The van der Waals surface area contributed by atoms with Gasteiger partial charge < -0.3 is 14.8 Å². The van der Waals surface area contributed by atoms with Crippen LogP contribution in [0, 0.1) is 0 Å². The third-order valence-corrected chi connectivity index (χ3v) is 5.14. The van der Waals surface area contributed by atoms with Crippen LogP contribution in [-0.4, -0.2) is 34.4 Å². The number of carbonyl (C=O) groups excluding carboxylic acids is 2. The molecule has 2 aromatic carbocycles. The van der Waals surface area contributed by atoms with Crippen molar-refractivity contribution in [3.63, 3.8) is 0 Å². The number of aryl methyl sites for hydroxylation is 1. The zero-order chi connectivity index (χ0) is 19.5. The minimum Gasteiger partial charge on any atom is -0.350 e. The van der Waals surface area contributed by atoms with Gasteiger partial charge in [-0.15, -0.1) is 0 Å².